The molecule has 0 amide bonds. The number of hydrogen-bond donors (Lipinski definition) is 1. The van der Waals surface area contributed by atoms with E-state index < -0.39 is 11.7 Å². The van der Waals surface area contributed by atoms with Crippen LogP contribution < -0.4 is 0 Å². The van der Waals surface area contributed by atoms with Gasteiger partial charge in [0.15, 0.2) is 0 Å². The summed E-state index contributed by atoms with van der Waals surface area (Å²) >= 11 is 0. The first-order valence-corrected chi connectivity index (χ1v) is 10.4. The largest absolute Gasteiger partial charge is 0.508 e. The van der Waals surface area contributed by atoms with Crippen molar-refractivity contribution >= 4 is 10.9 Å². The Morgan fingerprint density at radius 1 is 0.697 bits per heavy atom. The van der Waals surface area contributed by atoms with Crippen molar-refractivity contribution < 1.29 is 18.3 Å². The molecule has 0 unspecified atom stereocenters. The van der Waals surface area contributed by atoms with Gasteiger partial charge in [0.05, 0.1) is 17.8 Å². The smallest absolute Gasteiger partial charge is 0.418 e. The maximum Gasteiger partial charge on any atom is 0.418 e. The van der Waals surface area contributed by atoms with Gasteiger partial charge in [-0.05, 0) is 34.9 Å². The molecule has 1 aromatic heterocycles. The number of hydrogen-bond acceptors (Lipinski definition) is 2. The van der Waals surface area contributed by atoms with Crippen molar-refractivity contribution in [2.24, 2.45) is 0 Å². The molecule has 1 heterocycles. The van der Waals surface area contributed by atoms with E-state index in [0.717, 1.165) is 28.3 Å². The molecule has 0 fully saturated rings. The molecule has 0 aliphatic heterocycles. The van der Waals surface area contributed by atoms with Gasteiger partial charge in [0.25, 0.3) is 0 Å². The molecule has 0 saturated carbocycles. The lowest BCUT2D eigenvalue weighted by Gasteiger charge is -2.10. The fraction of sp³-hybridized carbons (Fsp3) is 0.0741. The third-order valence-corrected chi connectivity index (χ3v) is 5.61. The Kier molecular flexibility index (Phi) is 5.13. The van der Waals surface area contributed by atoms with Crippen molar-refractivity contribution in [2.75, 3.05) is 0 Å². The fourth-order valence-corrected chi connectivity index (χ4v) is 4.03. The number of nitrogens with zero attached hydrogens (tertiary/aromatic N) is 2. The van der Waals surface area contributed by atoms with Crippen molar-refractivity contribution in [3.05, 3.63) is 108 Å². The Morgan fingerprint density at radius 3 is 1.94 bits per heavy atom. The van der Waals surface area contributed by atoms with Gasteiger partial charge in [0.1, 0.15) is 11.3 Å². The van der Waals surface area contributed by atoms with E-state index in [-0.39, 0.29) is 11.3 Å². The van der Waals surface area contributed by atoms with E-state index in [0.29, 0.717) is 17.6 Å². The van der Waals surface area contributed by atoms with Gasteiger partial charge < -0.3 is 5.11 Å². The highest BCUT2D eigenvalue weighted by Gasteiger charge is 2.34. The molecule has 6 heteroatoms. The van der Waals surface area contributed by atoms with Gasteiger partial charge in [-0.25, -0.2) is 0 Å². The van der Waals surface area contributed by atoms with Gasteiger partial charge in [-0.1, -0.05) is 78.9 Å². The van der Waals surface area contributed by atoms with E-state index in [4.69, 9.17) is 0 Å². The standard InChI is InChI=1S/C27H19F3N2O/c28-27(29,30)24-8-4-7-23-25(24)31-32(17-18-5-2-1-3-6-18)26(23)21-11-9-19(10-12-21)20-13-15-22(33)16-14-20/h1-16,33H,17H2. The molecular formula is C27H19F3N2O. The number of phenols is 1. The number of rotatable bonds is 4. The van der Waals surface area contributed by atoms with E-state index in [1.165, 1.54) is 6.07 Å². The summed E-state index contributed by atoms with van der Waals surface area (Å²) < 4.78 is 42.7. The molecule has 0 atom stereocenters. The molecule has 0 aliphatic rings. The van der Waals surface area contributed by atoms with Crippen molar-refractivity contribution in [1.82, 2.24) is 9.78 Å². The summed E-state index contributed by atoms with van der Waals surface area (Å²) in [6.07, 6.45) is -4.49. The fourth-order valence-electron chi connectivity index (χ4n) is 4.03. The van der Waals surface area contributed by atoms with Crippen LogP contribution in [-0.2, 0) is 12.7 Å². The summed E-state index contributed by atoms with van der Waals surface area (Å²) in [5.41, 5.74) is 3.43. The number of benzene rings is 4. The van der Waals surface area contributed by atoms with Gasteiger partial charge in [-0.3, -0.25) is 4.68 Å². The van der Waals surface area contributed by atoms with Gasteiger partial charge in [0.2, 0.25) is 0 Å². The zero-order valence-electron chi connectivity index (χ0n) is 17.4. The molecule has 5 rings (SSSR count). The highest BCUT2D eigenvalue weighted by Crippen LogP contribution is 2.38. The quantitative estimate of drug-likeness (QED) is 0.320. The van der Waals surface area contributed by atoms with E-state index in [9.17, 15) is 18.3 Å². The number of alkyl halides is 3. The van der Waals surface area contributed by atoms with Crippen LogP contribution in [0.15, 0.2) is 97.1 Å². The first-order chi connectivity index (χ1) is 15.9. The Morgan fingerprint density at radius 2 is 1.30 bits per heavy atom. The molecule has 0 bridgehead atoms. The van der Waals surface area contributed by atoms with Crippen LogP contribution in [0.4, 0.5) is 13.2 Å². The third kappa shape index (κ3) is 4.07. The van der Waals surface area contributed by atoms with Crippen molar-refractivity contribution in [3.8, 4) is 28.1 Å². The summed E-state index contributed by atoms with van der Waals surface area (Å²) in [5.74, 6) is 0.187. The molecule has 4 aromatic carbocycles. The zero-order valence-corrected chi connectivity index (χ0v) is 17.4. The van der Waals surface area contributed by atoms with Gasteiger partial charge in [0, 0.05) is 10.9 Å². The Hall–Kier alpha value is -4.06. The first kappa shape index (κ1) is 20.8. The topological polar surface area (TPSA) is 38.1 Å². The van der Waals surface area contributed by atoms with Crippen LogP contribution in [0.2, 0.25) is 0 Å². The maximum atomic E-state index is 13.7. The zero-order chi connectivity index (χ0) is 23.0. The van der Waals surface area contributed by atoms with Crippen LogP contribution in [0, 0.1) is 0 Å². The Labute approximate surface area is 188 Å². The van der Waals surface area contributed by atoms with Gasteiger partial charge in [-0.15, -0.1) is 0 Å². The van der Waals surface area contributed by atoms with E-state index >= 15 is 0 Å². The second-order valence-electron chi connectivity index (χ2n) is 7.82. The normalized spacial score (nSPS) is 11.7. The maximum absolute atomic E-state index is 13.7. The molecule has 33 heavy (non-hydrogen) atoms. The number of halogens is 3. The van der Waals surface area contributed by atoms with Crippen LogP contribution in [0.5, 0.6) is 5.75 Å². The molecule has 0 spiro atoms. The number of fused-ring (bicyclic) bond motifs is 1. The number of phenolic OH excluding ortho intramolecular Hbond substituents is 1. The summed E-state index contributed by atoms with van der Waals surface area (Å²) in [5, 5.41) is 14.4. The van der Waals surface area contributed by atoms with E-state index in [1.54, 1.807) is 22.9 Å². The summed E-state index contributed by atoms with van der Waals surface area (Å²) in [4.78, 5) is 0. The second-order valence-corrected chi connectivity index (χ2v) is 7.82. The Bertz CT molecular complexity index is 1400. The Balaban J connectivity index is 1.65. The monoisotopic (exact) mass is 444 g/mol. The second kappa shape index (κ2) is 8.13. The van der Waals surface area contributed by atoms with Crippen LogP contribution in [0.1, 0.15) is 11.1 Å². The predicted octanol–water partition coefficient (Wildman–Crippen LogP) is 7.14. The third-order valence-electron chi connectivity index (χ3n) is 5.61. The van der Waals surface area contributed by atoms with Crippen LogP contribution >= 0.6 is 0 Å². The summed E-state index contributed by atoms with van der Waals surface area (Å²) in [6.45, 7) is 0.349. The molecule has 1 N–H and O–H groups in total. The first-order valence-electron chi connectivity index (χ1n) is 10.4. The highest BCUT2D eigenvalue weighted by atomic mass is 19.4. The lowest BCUT2D eigenvalue weighted by molar-refractivity contribution is -0.136. The molecule has 0 aliphatic carbocycles. The van der Waals surface area contributed by atoms with Gasteiger partial charge >= 0.3 is 6.18 Å². The highest BCUT2D eigenvalue weighted by molar-refractivity contribution is 5.95. The molecule has 5 aromatic rings. The van der Waals surface area contributed by atoms with Crippen molar-refractivity contribution in [3.63, 3.8) is 0 Å². The minimum absolute atomic E-state index is 0.0569. The summed E-state index contributed by atoms with van der Waals surface area (Å²) in [6, 6.07) is 28.2. The van der Waals surface area contributed by atoms with E-state index in [1.807, 2.05) is 66.7 Å². The van der Waals surface area contributed by atoms with Crippen LogP contribution in [0.25, 0.3) is 33.3 Å². The molecule has 0 radical (unpaired) electrons. The lowest BCUT2D eigenvalue weighted by atomic mass is 10.0. The average Bonchev–Trinajstić information content (AvgIpc) is 3.17. The van der Waals surface area contributed by atoms with E-state index in [2.05, 4.69) is 5.10 Å². The molecular weight excluding hydrogens is 425 g/mol. The molecule has 3 nitrogen and oxygen atoms in total. The minimum Gasteiger partial charge on any atom is -0.508 e. The summed E-state index contributed by atoms with van der Waals surface area (Å²) in [7, 11) is 0. The average molecular weight is 444 g/mol. The predicted molar refractivity (Wildman–Crippen MR) is 123 cm³/mol. The number of aromatic nitrogens is 2. The minimum atomic E-state index is -4.49. The van der Waals surface area contributed by atoms with Crippen molar-refractivity contribution in [1.29, 1.82) is 0 Å². The van der Waals surface area contributed by atoms with Crippen LogP contribution in [-0.4, -0.2) is 14.9 Å². The lowest BCUT2D eigenvalue weighted by Crippen LogP contribution is -2.06. The molecule has 164 valence electrons. The molecule has 0 saturated heterocycles. The van der Waals surface area contributed by atoms with Crippen molar-refractivity contribution in [2.45, 2.75) is 12.7 Å². The van der Waals surface area contributed by atoms with Gasteiger partial charge in [-0.2, -0.15) is 18.3 Å². The number of aromatic hydroxyl groups is 1. The SMILES string of the molecule is Oc1ccc(-c2ccc(-c3c4cccc(C(F)(F)F)c4nn3Cc3ccccc3)cc2)cc1. The van der Waals surface area contributed by atoms with Crippen LogP contribution in [0.3, 0.4) is 0 Å².